The highest BCUT2D eigenvalue weighted by atomic mass is 19.4. The molecule has 0 aliphatic rings. The molecule has 0 radical (unpaired) electrons. The fourth-order valence-electron chi connectivity index (χ4n) is 1.41. The van der Waals surface area contributed by atoms with Gasteiger partial charge in [0.1, 0.15) is 11.4 Å². The molecule has 2 heterocycles. The Balaban J connectivity index is 2.14. The Hall–Kier alpha value is -2.64. The normalized spacial score (nSPS) is 11.2. The van der Waals surface area contributed by atoms with Gasteiger partial charge in [-0.3, -0.25) is 9.59 Å². The molecule has 0 aliphatic heterocycles. The number of anilines is 1. The van der Waals surface area contributed by atoms with Crippen molar-refractivity contribution in [3.8, 4) is 0 Å². The van der Waals surface area contributed by atoms with E-state index in [0.29, 0.717) is 0 Å². The highest BCUT2D eigenvalue weighted by Gasteiger charge is 2.32. The minimum absolute atomic E-state index is 0.00241. The van der Waals surface area contributed by atoms with Crippen molar-refractivity contribution in [3.63, 3.8) is 0 Å². The zero-order chi connectivity index (χ0) is 14.8. The number of aromatic nitrogens is 2. The lowest BCUT2D eigenvalue weighted by Crippen LogP contribution is -2.18. The number of carbonyl (C=O) groups is 1. The second-order valence-corrected chi connectivity index (χ2v) is 3.81. The van der Waals surface area contributed by atoms with Crippen molar-refractivity contribution in [2.24, 2.45) is 0 Å². The highest BCUT2D eigenvalue weighted by molar-refractivity contribution is 6.02. The van der Waals surface area contributed by atoms with Gasteiger partial charge in [-0.2, -0.15) is 13.2 Å². The third kappa shape index (κ3) is 3.22. The van der Waals surface area contributed by atoms with Crippen LogP contribution in [-0.4, -0.2) is 15.9 Å². The fourth-order valence-corrected chi connectivity index (χ4v) is 1.41. The van der Waals surface area contributed by atoms with Crippen LogP contribution in [0.1, 0.15) is 16.2 Å². The first-order valence-electron chi connectivity index (χ1n) is 5.40. The van der Waals surface area contributed by atoms with Crippen molar-refractivity contribution in [2.45, 2.75) is 6.18 Å². The molecule has 104 valence electrons. The smallest absolute Gasteiger partial charge is 0.319 e. The van der Waals surface area contributed by atoms with E-state index in [4.69, 9.17) is 0 Å². The summed E-state index contributed by atoms with van der Waals surface area (Å²) in [5.74, 6) is -0.649. The number of pyridine rings is 2. The number of alkyl halides is 3. The number of amides is 1. The SMILES string of the molecule is O=C(Nc1ccc(C(F)(F)F)nc1)c1cccc(=O)[nH]1. The van der Waals surface area contributed by atoms with Gasteiger partial charge in [-0.1, -0.05) is 6.07 Å². The lowest BCUT2D eigenvalue weighted by atomic mass is 10.3. The van der Waals surface area contributed by atoms with Crippen molar-refractivity contribution in [2.75, 3.05) is 5.32 Å². The van der Waals surface area contributed by atoms with Crippen molar-refractivity contribution in [1.29, 1.82) is 0 Å². The van der Waals surface area contributed by atoms with E-state index in [1.807, 2.05) is 0 Å². The Morgan fingerprint density at radius 2 is 1.95 bits per heavy atom. The van der Waals surface area contributed by atoms with Crippen molar-refractivity contribution in [3.05, 3.63) is 58.3 Å². The predicted octanol–water partition coefficient (Wildman–Crippen LogP) is 2.04. The van der Waals surface area contributed by atoms with Gasteiger partial charge in [-0.05, 0) is 18.2 Å². The average molecular weight is 283 g/mol. The molecule has 0 atom stereocenters. The van der Waals surface area contributed by atoms with Gasteiger partial charge in [0.25, 0.3) is 5.91 Å². The molecule has 5 nitrogen and oxygen atoms in total. The Labute approximate surface area is 110 Å². The van der Waals surface area contributed by atoms with Crippen LogP contribution >= 0.6 is 0 Å². The molecule has 2 aromatic rings. The molecule has 0 fully saturated rings. The molecule has 0 saturated heterocycles. The first kappa shape index (κ1) is 13.8. The molecule has 8 heteroatoms. The third-order valence-corrected chi connectivity index (χ3v) is 2.32. The number of nitrogens with zero attached hydrogens (tertiary/aromatic N) is 1. The maximum Gasteiger partial charge on any atom is 0.433 e. The largest absolute Gasteiger partial charge is 0.433 e. The zero-order valence-corrected chi connectivity index (χ0v) is 9.86. The van der Waals surface area contributed by atoms with Crippen LogP contribution in [-0.2, 0) is 6.18 Å². The van der Waals surface area contributed by atoms with Crippen LogP contribution in [0, 0.1) is 0 Å². The minimum atomic E-state index is -4.53. The number of hydrogen-bond acceptors (Lipinski definition) is 3. The number of rotatable bonds is 2. The van der Waals surface area contributed by atoms with Crippen LogP contribution in [0.3, 0.4) is 0 Å². The maximum absolute atomic E-state index is 12.3. The Kier molecular flexibility index (Phi) is 3.55. The van der Waals surface area contributed by atoms with Crippen LogP contribution in [0.25, 0.3) is 0 Å². The molecule has 0 spiro atoms. The molecule has 0 aliphatic carbocycles. The van der Waals surface area contributed by atoms with Gasteiger partial charge in [0.05, 0.1) is 11.9 Å². The van der Waals surface area contributed by atoms with Crippen molar-refractivity contribution in [1.82, 2.24) is 9.97 Å². The Bertz CT molecular complexity index is 677. The number of halogens is 3. The molecule has 20 heavy (non-hydrogen) atoms. The van der Waals surface area contributed by atoms with Gasteiger partial charge in [0.2, 0.25) is 5.56 Å². The molecule has 2 rings (SSSR count). The zero-order valence-electron chi connectivity index (χ0n) is 9.86. The summed E-state index contributed by atoms with van der Waals surface area (Å²) >= 11 is 0. The first-order valence-corrected chi connectivity index (χ1v) is 5.40. The van der Waals surface area contributed by atoms with Gasteiger partial charge in [0.15, 0.2) is 0 Å². The summed E-state index contributed by atoms with van der Waals surface area (Å²) in [7, 11) is 0. The summed E-state index contributed by atoms with van der Waals surface area (Å²) in [5, 5.41) is 2.33. The van der Waals surface area contributed by atoms with E-state index in [1.165, 1.54) is 18.2 Å². The summed E-state index contributed by atoms with van der Waals surface area (Å²) < 4.78 is 36.9. The molecule has 0 unspecified atom stereocenters. The second kappa shape index (κ2) is 5.16. The van der Waals surface area contributed by atoms with E-state index in [-0.39, 0.29) is 11.4 Å². The number of hydrogen-bond donors (Lipinski definition) is 2. The lowest BCUT2D eigenvalue weighted by Gasteiger charge is -2.07. The van der Waals surface area contributed by atoms with Gasteiger partial charge in [-0.25, -0.2) is 4.98 Å². The minimum Gasteiger partial charge on any atom is -0.319 e. The molecule has 2 N–H and O–H groups in total. The van der Waals surface area contributed by atoms with E-state index in [9.17, 15) is 22.8 Å². The van der Waals surface area contributed by atoms with Gasteiger partial charge >= 0.3 is 6.18 Å². The number of H-pyrrole nitrogens is 1. The molecule has 2 aromatic heterocycles. The van der Waals surface area contributed by atoms with E-state index in [1.54, 1.807) is 0 Å². The van der Waals surface area contributed by atoms with Gasteiger partial charge < -0.3 is 10.3 Å². The van der Waals surface area contributed by atoms with Gasteiger partial charge in [0, 0.05) is 6.07 Å². The Morgan fingerprint density at radius 1 is 1.20 bits per heavy atom. The fraction of sp³-hybridized carbons (Fsp3) is 0.0833. The van der Waals surface area contributed by atoms with Crippen LogP contribution < -0.4 is 10.9 Å². The summed E-state index contributed by atoms with van der Waals surface area (Å²) in [6, 6.07) is 5.82. The van der Waals surface area contributed by atoms with E-state index >= 15 is 0 Å². The van der Waals surface area contributed by atoms with Crippen molar-refractivity contribution >= 4 is 11.6 Å². The van der Waals surface area contributed by atoms with E-state index in [2.05, 4.69) is 15.3 Å². The topological polar surface area (TPSA) is 74.8 Å². The average Bonchev–Trinajstić information content (AvgIpc) is 2.38. The molecule has 1 amide bonds. The molecular weight excluding hydrogens is 275 g/mol. The summed E-state index contributed by atoms with van der Waals surface area (Å²) in [4.78, 5) is 28.2. The third-order valence-electron chi connectivity index (χ3n) is 2.32. The maximum atomic E-state index is 12.3. The molecule has 0 bridgehead atoms. The Morgan fingerprint density at radius 3 is 2.50 bits per heavy atom. The molecule has 0 aromatic carbocycles. The second-order valence-electron chi connectivity index (χ2n) is 3.81. The number of carbonyl (C=O) groups excluding carboxylic acids is 1. The van der Waals surface area contributed by atoms with Crippen LogP contribution in [0.5, 0.6) is 0 Å². The van der Waals surface area contributed by atoms with Crippen LogP contribution in [0.2, 0.25) is 0 Å². The lowest BCUT2D eigenvalue weighted by molar-refractivity contribution is -0.141. The summed E-state index contributed by atoms with van der Waals surface area (Å²) in [5.41, 5.74) is -1.42. The standard InChI is InChI=1S/C12H8F3N3O2/c13-12(14,15)9-5-4-7(6-16-9)17-11(20)8-2-1-3-10(19)18-8/h1-6H,(H,17,20)(H,18,19). The quantitative estimate of drug-likeness (QED) is 0.885. The van der Waals surface area contributed by atoms with Crippen LogP contribution in [0.4, 0.5) is 18.9 Å². The van der Waals surface area contributed by atoms with E-state index < -0.39 is 23.3 Å². The summed E-state index contributed by atoms with van der Waals surface area (Å²) in [6.45, 7) is 0. The van der Waals surface area contributed by atoms with Crippen molar-refractivity contribution < 1.29 is 18.0 Å². The number of aromatic amines is 1. The van der Waals surface area contributed by atoms with E-state index in [0.717, 1.165) is 18.3 Å². The van der Waals surface area contributed by atoms with Gasteiger partial charge in [-0.15, -0.1) is 0 Å². The van der Waals surface area contributed by atoms with Crippen LogP contribution in [0.15, 0.2) is 41.3 Å². The summed E-state index contributed by atoms with van der Waals surface area (Å²) in [6.07, 6.45) is -3.64. The number of nitrogens with one attached hydrogen (secondary N) is 2. The highest BCUT2D eigenvalue weighted by Crippen LogP contribution is 2.27. The first-order chi connectivity index (χ1) is 9.36. The molecule has 0 saturated carbocycles. The monoisotopic (exact) mass is 283 g/mol. The molecular formula is C12H8F3N3O2. The predicted molar refractivity (Wildman–Crippen MR) is 64.3 cm³/mol.